The molecule has 3 rings (SSSR count). The van der Waals surface area contributed by atoms with Crippen LogP contribution >= 0.6 is 0 Å². The molecule has 0 spiro atoms. The highest BCUT2D eigenvalue weighted by Gasteiger charge is 2.24. The zero-order valence-corrected chi connectivity index (χ0v) is 15.9. The summed E-state index contributed by atoms with van der Waals surface area (Å²) in [5.41, 5.74) is 1.40. The maximum atomic E-state index is 13.9. The van der Waals surface area contributed by atoms with Gasteiger partial charge in [-0.2, -0.15) is 0 Å². The molecule has 0 aromatic heterocycles. The SMILES string of the molecule is COc1ccccc1CNC(=O)CC(=O)N1CCN(c2ccccc2F)CC1. The molecule has 2 aromatic rings. The second kappa shape index (κ2) is 9.21. The van der Waals surface area contributed by atoms with Gasteiger partial charge >= 0.3 is 0 Å². The number of nitrogens with one attached hydrogen (secondary N) is 1. The summed E-state index contributed by atoms with van der Waals surface area (Å²) in [6, 6.07) is 14.0. The maximum Gasteiger partial charge on any atom is 0.232 e. The Balaban J connectivity index is 1.46. The largest absolute Gasteiger partial charge is 0.496 e. The molecule has 1 aliphatic heterocycles. The van der Waals surface area contributed by atoms with Crippen molar-refractivity contribution in [2.75, 3.05) is 38.2 Å². The first-order valence-electron chi connectivity index (χ1n) is 9.24. The quantitative estimate of drug-likeness (QED) is 0.775. The van der Waals surface area contributed by atoms with Crippen LogP contribution in [-0.4, -0.2) is 50.0 Å². The van der Waals surface area contributed by atoms with Crippen molar-refractivity contribution in [1.29, 1.82) is 0 Å². The minimum Gasteiger partial charge on any atom is -0.496 e. The van der Waals surface area contributed by atoms with E-state index in [1.165, 1.54) is 6.07 Å². The first-order chi connectivity index (χ1) is 13.6. The van der Waals surface area contributed by atoms with Gasteiger partial charge in [-0.3, -0.25) is 9.59 Å². The van der Waals surface area contributed by atoms with Gasteiger partial charge in [0.2, 0.25) is 11.8 Å². The third-order valence-corrected chi connectivity index (χ3v) is 4.81. The molecule has 0 atom stereocenters. The molecular formula is C21H24FN3O3. The van der Waals surface area contributed by atoms with Crippen LogP contribution in [0.25, 0.3) is 0 Å². The molecule has 0 aliphatic carbocycles. The van der Waals surface area contributed by atoms with Gasteiger partial charge in [0.05, 0.1) is 12.8 Å². The molecule has 1 saturated heterocycles. The van der Waals surface area contributed by atoms with Crippen LogP contribution in [-0.2, 0) is 16.1 Å². The number of hydrogen-bond donors (Lipinski definition) is 1. The summed E-state index contributed by atoms with van der Waals surface area (Å²) >= 11 is 0. The number of anilines is 1. The number of carbonyl (C=O) groups excluding carboxylic acids is 2. The molecule has 0 saturated carbocycles. The molecule has 1 fully saturated rings. The number of benzene rings is 2. The van der Waals surface area contributed by atoms with Crippen molar-refractivity contribution in [2.45, 2.75) is 13.0 Å². The zero-order valence-electron chi connectivity index (χ0n) is 15.9. The first kappa shape index (κ1) is 19.7. The number of amides is 2. The number of carbonyl (C=O) groups is 2. The smallest absolute Gasteiger partial charge is 0.232 e. The zero-order chi connectivity index (χ0) is 19.9. The fourth-order valence-electron chi connectivity index (χ4n) is 3.26. The van der Waals surface area contributed by atoms with E-state index in [0.29, 0.717) is 44.2 Å². The van der Waals surface area contributed by atoms with Crippen LogP contribution in [0.1, 0.15) is 12.0 Å². The summed E-state index contributed by atoms with van der Waals surface area (Å²) < 4.78 is 19.1. The molecule has 1 aliphatic rings. The fourth-order valence-corrected chi connectivity index (χ4v) is 3.26. The molecule has 1 heterocycles. The minimum atomic E-state index is -0.326. The average molecular weight is 385 g/mol. The van der Waals surface area contributed by atoms with E-state index in [9.17, 15) is 14.0 Å². The van der Waals surface area contributed by atoms with Gasteiger partial charge in [0, 0.05) is 38.3 Å². The van der Waals surface area contributed by atoms with Gasteiger partial charge in [-0.05, 0) is 18.2 Å². The Morgan fingerprint density at radius 2 is 1.71 bits per heavy atom. The summed E-state index contributed by atoms with van der Waals surface area (Å²) in [6.07, 6.45) is -0.200. The van der Waals surface area contributed by atoms with Crippen LogP contribution in [0.4, 0.5) is 10.1 Å². The van der Waals surface area contributed by atoms with Crippen molar-refractivity contribution in [3.05, 3.63) is 59.9 Å². The molecule has 0 unspecified atom stereocenters. The van der Waals surface area contributed by atoms with Crippen molar-refractivity contribution in [1.82, 2.24) is 10.2 Å². The van der Waals surface area contributed by atoms with Gasteiger partial charge in [0.15, 0.2) is 0 Å². The fraction of sp³-hybridized carbons (Fsp3) is 0.333. The lowest BCUT2D eigenvalue weighted by Gasteiger charge is -2.36. The van der Waals surface area contributed by atoms with Gasteiger partial charge in [-0.1, -0.05) is 30.3 Å². The lowest BCUT2D eigenvalue weighted by Crippen LogP contribution is -2.49. The number of ether oxygens (including phenoxy) is 1. The van der Waals surface area contributed by atoms with E-state index in [1.54, 1.807) is 30.2 Å². The highest BCUT2D eigenvalue weighted by Crippen LogP contribution is 2.20. The molecule has 28 heavy (non-hydrogen) atoms. The lowest BCUT2D eigenvalue weighted by atomic mass is 10.2. The lowest BCUT2D eigenvalue weighted by molar-refractivity contribution is -0.136. The molecular weight excluding hydrogens is 361 g/mol. The molecule has 7 heteroatoms. The number of para-hydroxylation sites is 2. The number of halogens is 1. The maximum absolute atomic E-state index is 13.9. The number of hydrogen-bond acceptors (Lipinski definition) is 4. The Hall–Kier alpha value is -3.09. The predicted molar refractivity (Wildman–Crippen MR) is 105 cm³/mol. The Morgan fingerprint density at radius 3 is 2.43 bits per heavy atom. The third-order valence-electron chi connectivity index (χ3n) is 4.81. The van der Waals surface area contributed by atoms with Crippen LogP contribution < -0.4 is 15.0 Å². The highest BCUT2D eigenvalue weighted by molar-refractivity contribution is 5.97. The Bertz CT molecular complexity index is 835. The number of rotatable bonds is 6. The number of piperazine rings is 1. The summed E-state index contributed by atoms with van der Waals surface area (Å²) in [5, 5.41) is 2.76. The molecule has 0 radical (unpaired) electrons. The monoisotopic (exact) mass is 385 g/mol. The van der Waals surface area contributed by atoms with Crippen molar-refractivity contribution >= 4 is 17.5 Å². The Kier molecular flexibility index (Phi) is 6.47. The predicted octanol–water partition coefficient (Wildman–Crippen LogP) is 2.19. The summed E-state index contributed by atoms with van der Waals surface area (Å²) in [5.74, 6) is -0.116. The van der Waals surface area contributed by atoms with Gasteiger partial charge in [0.1, 0.15) is 18.0 Å². The third kappa shape index (κ3) is 4.79. The van der Waals surface area contributed by atoms with Crippen molar-refractivity contribution in [2.24, 2.45) is 0 Å². The summed E-state index contributed by atoms with van der Waals surface area (Å²) in [4.78, 5) is 28.1. The van der Waals surface area contributed by atoms with Crippen LogP contribution in [0.3, 0.4) is 0 Å². The minimum absolute atomic E-state index is 0.200. The molecule has 1 N–H and O–H groups in total. The van der Waals surface area contributed by atoms with Crippen molar-refractivity contribution in [3.8, 4) is 5.75 Å². The second-order valence-electron chi connectivity index (χ2n) is 6.58. The van der Waals surface area contributed by atoms with Crippen molar-refractivity contribution in [3.63, 3.8) is 0 Å². The Morgan fingerprint density at radius 1 is 1.04 bits per heavy atom. The van der Waals surface area contributed by atoms with Gasteiger partial charge < -0.3 is 19.9 Å². The van der Waals surface area contributed by atoms with E-state index in [4.69, 9.17) is 4.74 Å². The van der Waals surface area contributed by atoms with Gasteiger partial charge in [-0.25, -0.2) is 4.39 Å². The van der Waals surface area contributed by atoms with Crippen LogP contribution in [0.5, 0.6) is 5.75 Å². The van der Waals surface area contributed by atoms with E-state index in [1.807, 2.05) is 29.2 Å². The van der Waals surface area contributed by atoms with Crippen molar-refractivity contribution < 1.29 is 18.7 Å². The number of methoxy groups -OCH3 is 1. The molecule has 2 aromatic carbocycles. The molecule has 0 bridgehead atoms. The van der Waals surface area contributed by atoms with Crippen LogP contribution in [0, 0.1) is 5.82 Å². The average Bonchev–Trinajstić information content (AvgIpc) is 2.73. The van der Waals surface area contributed by atoms with E-state index in [2.05, 4.69) is 5.32 Å². The standard InChI is InChI=1S/C21H24FN3O3/c1-28-19-9-5-2-6-16(19)15-23-20(26)14-21(27)25-12-10-24(11-13-25)18-8-4-3-7-17(18)22/h2-9H,10-15H2,1H3,(H,23,26). The molecule has 6 nitrogen and oxygen atoms in total. The van der Waals surface area contributed by atoms with E-state index < -0.39 is 0 Å². The normalized spacial score (nSPS) is 13.9. The van der Waals surface area contributed by atoms with Gasteiger partial charge in [0.25, 0.3) is 0 Å². The van der Waals surface area contributed by atoms with E-state index >= 15 is 0 Å². The van der Waals surface area contributed by atoms with Gasteiger partial charge in [-0.15, -0.1) is 0 Å². The topological polar surface area (TPSA) is 61.9 Å². The first-order valence-corrected chi connectivity index (χ1v) is 9.24. The van der Waals surface area contributed by atoms with E-state index in [0.717, 1.165) is 5.56 Å². The second-order valence-corrected chi connectivity index (χ2v) is 6.58. The summed E-state index contributed by atoms with van der Waals surface area (Å²) in [7, 11) is 1.57. The van der Waals surface area contributed by atoms with Crippen LogP contribution in [0.2, 0.25) is 0 Å². The molecule has 2 amide bonds. The Labute approximate surface area is 163 Å². The summed E-state index contributed by atoms with van der Waals surface area (Å²) in [6.45, 7) is 2.31. The van der Waals surface area contributed by atoms with Crippen LogP contribution in [0.15, 0.2) is 48.5 Å². The highest BCUT2D eigenvalue weighted by atomic mass is 19.1. The van der Waals surface area contributed by atoms with E-state index in [-0.39, 0.29) is 24.1 Å². The number of nitrogens with zero attached hydrogens (tertiary/aromatic N) is 2. The molecule has 148 valence electrons.